The van der Waals surface area contributed by atoms with Crippen LogP contribution in [0.15, 0.2) is 12.1 Å². The van der Waals surface area contributed by atoms with Gasteiger partial charge in [0.1, 0.15) is 0 Å². The predicted octanol–water partition coefficient (Wildman–Crippen LogP) is 2.56. The van der Waals surface area contributed by atoms with Crippen molar-refractivity contribution in [3.05, 3.63) is 29.3 Å². The van der Waals surface area contributed by atoms with Crippen molar-refractivity contribution in [3.8, 4) is 18.1 Å². The number of hydrogen-bond acceptors (Lipinski definition) is 2. The molecule has 1 rings (SSSR count). The minimum Gasteiger partial charge on any atom is -0.503 e. The highest BCUT2D eigenvalue weighted by atomic mass is 19.1. The van der Waals surface area contributed by atoms with Crippen LogP contribution in [0.5, 0.6) is 5.75 Å². The van der Waals surface area contributed by atoms with Crippen LogP contribution in [-0.4, -0.2) is 11.1 Å². The van der Waals surface area contributed by atoms with Crippen molar-refractivity contribution >= 4 is 0 Å². The van der Waals surface area contributed by atoms with Crippen molar-refractivity contribution in [1.29, 1.82) is 0 Å². The predicted molar refractivity (Wildman–Crippen MR) is 62.4 cm³/mol. The van der Waals surface area contributed by atoms with Crippen molar-refractivity contribution in [2.24, 2.45) is 0 Å². The van der Waals surface area contributed by atoms with E-state index in [-0.39, 0.29) is 6.04 Å². The number of terminal acetylenes is 1. The fourth-order valence-corrected chi connectivity index (χ4v) is 1.49. The van der Waals surface area contributed by atoms with E-state index in [2.05, 4.69) is 11.2 Å². The number of phenols is 1. The van der Waals surface area contributed by atoms with Gasteiger partial charge in [-0.1, -0.05) is 6.92 Å². The maximum atomic E-state index is 13.0. The Morgan fingerprint density at radius 1 is 1.41 bits per heavy atom. The first-order valence-electron chi connectivity index (χ1n) is 5.42. The Bertz CT molecular complexity index is 403. The van der Waals surface area contributed by atoms with Crippen LogP contribution in [0.25, 0.3) is 0 Å². The van der Waals surface area contributed by atoms with E-state index < -0.39 is 17.4 Å². The lowest BCUT2D eigenvalue weighted by molar-refractivity contribution is 0.394. The molecule has 0 amide bonds. The Hall–Kier alpha value is -1.60. The molecule has 0 saturated carbocycles. The Labute approximate surface area is 99.7 Å². The second-order valence-electron chi connectivity index (χ2n) is 3.80. The number of halogens is 2. The monoisotopic (exact) mass is 239 g/mol. The molecular weight excluding hydrogens is 224 g/mol. The van der Waals surface area contributed by atoms with Gasteiger partial charge in [0.05, 0.1) is 0 Å². The topological polar surface area (TPSA) is 32.3 Å². The summed E-state index contributed by atoms with van der Waals surface area (Å²) in [4.78, 5) is 0. The molecule has 1 unspecified atom stereocenters. The van der Waals surface area contributed by atoms with Crippen LogP contribution < -0.4 is 5.32 Å². The molecule has 4 heteroatoms. The molecule has 2 nitrogen and oxygen atoms in total. The van der Waals surface area contributed by atoms with Crippen LogP contribution in [-0.2, 0) is 6.54 Å². The molecule has 1 aromatic carbocycles. The van der Waals surface area contributed by atoms with E-state index in [1.807, 2.05) is 6.92 Å². The Kier molecular flexibility index (Phi) is 4.92. The molecule has 92 valence electrons. The standard InChI is InChI=1S/C13H15F2NO/c1-3-5-10(4-2)16-8-9-6-11(14)13(17)12(15)7-9/h1,6-7,10,16-17H,4-5,8H2,2H3. The molecule has 0 spiro atoms. The normalized spacial score (nSPS) is 12.1. The molecule has 0 fully saturated rings. The minimum absolute atomic E-state index is 0.125. The smallest absolute Gasteiger partial charge is 0.187 e. The number of aromatic hydroxyl groups is 1. The van der Waals surface area contributed by atoms with Crippen LogP contribution in [0.1, 0.15) is 25.3 Å². The van der Waals surface area contributed by atoms with Crippen molar-refractivity contribution in [1.82, 2.24) is 5.32 Å². The number of phenolic OH excluding ortho intramolecular Hbond substituents is 1. The third-order valence-electron chi connectivity index (χ3n) is 2.53. The molecule has 0 aliphatic heterocycles. The van der Waals surface area contributed by atoms with Gasteiger partial charge >= 0.3 is 0 Å². The van der Waals surface area contributed by atoms with E-state index >= 15 is 0 Å². The van der Waals surface area contributed by atoms with Gasteiger partial charge in [-0.05, 0) is 24.1 Å². The van der Waals surface area contributed by atoms with Crippen LogP contribution in [0.2, 0.25) is 0 Å². The first-order chi connectivity index (χ1) is 8.08. The fraction of sp³-hybridized carbons (Fsp3) is 0.385. The minimum atomic E-state index is -0.952. The molecule has 0 radical (unpaired) electrons. The van der Waals surface area contributed by atoms with Gasteiger partial charge in [0.25, 0.3) is 0 Å². The lowest BCUT2D eigenvalue weighted by Crippen LogP contribution is -2.27. The third-order valence-corrected chi connectivity index (χ3v) is 2.53. The number of benzene rings is 1. The summed E-state index contributed by atoms with van der Waals surface area (Å²) >= 11 is 0. The Balaban J connectivity index is 2.67. The molecule has 1 atom stereocenters. The zero-order valence-corrected chi connectivity index (χ0v) is 9.63. The highest BCUT2D eigenvalue weighted by Gasteiger charge is 2.10. The third kappa shape index (κ3) is 3.72. The zero-order valence-electron chi connectivity index (χ0n) is 9.63. The summed E-state index contributed by atoms with van der Waals surface area (Å²) in [5.74, 6) is -0.308. The van der Waals surface area contributed by atoms with Crippen LogP contribution in [0.3, 0.4) is 0 Å². The zero-order chi connectivity index (χ0) is 12.8. The summed E-state index contributed by atoms with van der Waals surface area (Å²) < 4.78 is 26.1. The van der Waals surface area contributed by atoms with Gasteiger partial charge < -0.3 is 10.4 Å². The Morgan fingerprint density at radius 2 is 2.00 bits per heavy atom. The number of rotatable bonds is 5. The Morgan fingerprint density at radius 3 is 2.47 bits per heavy atom. The van der Waals surface area contributed by atoms with E-state index in [0.29, 0.717) is 18.5 Å². The van der Waals surface area contributed by atoms with E-state index in [0.717, 1.165) is 18.6 Å². The van der Waals surface area contributed by atoms with Crippen molar-refractivity contribution in [3.63, 3.8) is 0 Å². The van der Waals surface area contributed by atoms with E-state index in [1.54, 1.807) is 0 Å². The fourth-order valence-electron chi connectivity index (χ4n) is 1.49. The molecule has 0 bridgehead atoms. The van der Waals surface area contributed by atoms with Gasteiger partial charge in [-0.15, -0.1) is 12.3 Å². The van der Waals surface area contributed by atoms with Crippen molar-refractivity contribution in [2.45, 2.75) is 32.4 Å². The van der Waals surface area contributed by atoms with Gasteiger partial charge in [0.2, 0.25) is 0 Å². The molecule has 0 saturated heterocycles. The van der Waals surface area contributed by atoms with Crippen LogP contribution in [0, 0.1) is 24.0 Å². The molecule has 0 aliphatic carbocycles. The van der Waals surface area contributed by atoms with E-state index in [9.17, 15) is 8.78 Å². The molecule has 2 N–H and O–H groups in total. The first kappa shape index (κ1) is 13.5. The summed E-state index contributed by atoms with van der Waals surface area (Å²) in [7, 11) is 0. The molecular formula is C13H15F2NO. The highest BCUT2D eigenvalue weighted by molar-refractivity contribution is 5.29. The van der Waals surface area contributed by atoms with Gasteiger partial charge in [-0.2, -0.15) is 0 Å². The lowest BCUT2D eigenvalue weighted by Gasteiger charge is -2.14. The summed E-state index contributed by atoms with van der Waals surface area (Å²) in [5.41, 5.74) is 0.438. The lowest BCUT2D eigenvalue weighted by atomic mass is 10.1. The summed E-state index contributed by atoms with van der Waals surface area (Å²) in [6.07, 6.45) is 6.61. The average molecular weight is 239 g/mol. The average Bonchev–Trinajstić information content (AvgIpc) is 2.31. The van der Waals surface area contributed by atoms with Crippen LogP contribution in [0.4, 0.5) is 8.78 Å². The molecule has 1 aromatic rings. The SMILES string of the molecule is C#CCC(CC)NCc1cc(F)c(O)c(F)c1. The van der Waals surface area contributed by atoms with E-state index in [1.165, 1.54) is 0 Å². The summed E-state index contributed by atoms with van der Waals surface area (Å²) in [5, 5.41) is 12.0. The molecule has 0 aliphatic rings. The van der Waals surface area contributed by atoms with Gasteiger partial charge in [-0.25, -0.2) is 8.78 Å². The quantitative estimate of drug-likeness (QED) is 0.774. The maximum absolute atomic E-state index is 13.0. The van der Waals surface area contributed by atoms with Gasteiger partial charge in [0, 0.05) is 19.0 Å². The van der Waals surface area contributed by atoms with Crippen molar-refractivity contribution in [2.75, 3.05) is 0 Å². The maximum Gasteiger partial charge on any atom is 0.187 e. The summed E-state index contributed by atoms with van der Waals surface area (Å²) in [6, 6.07) is 2.34. The number of nitrogens with one attached hydrogen (secondary N) is 1. The van der Waals surface area contributed by atoms with Crippen molar-refractivity contribution < 1.29 is 13.9 Å². The highest BCUT2D eigenvalue weighted by Crippen LogP contribution is 2.21. The molecule has 0 aromatic heterocycles. The molecule has 17 heavy (non-hydrogen) atoms. The van der Waals surface area contributed by atoms with Gasteiger partial charge in [-0.3, -0.25) is 0 Å². The van der Waals surface area contributed by atoms with Crippen LogP contribution >= 0.6 is 0 Å². The largest absolute Gasteiger partial charge is 0.503 e. The summed E-state index contributed by atoms with van der Waals surface area (Å²) in [6.45, 7) is 2.29. The first-order valence-corrected chi connectivity index (χ1v) is 5.42. The molecule has 0 heterocycles. The van der Waals surface area contributed by atoms with E-state index in [4.69, 9.17) is 11.5 Å². The second kappa shape index (κ2) is 6.21. The number of hydrogen-bond donors (Lipinski definition) is 2. The second-order valence-corrected chi connectivity index (χ2v) is 3.80. The van der Waals surface area contributed by atoms with Gasteiger partial charge in [0.15, 0.2) is 17.4 Å².